The van der Waals surface area contributed by atoms with E-state index in [1.165, 1.54) is 0 Å². The highest BCUT2D eigenvalue weighted by atomic mass is 32.1. The monoisotopic (exact) mass is 279 g/mol. The van der Waals surface area contributed by atoms with Gasteiger partial charge in [-0.3, -0.25) is 4.68 Å². The highest BCUT2D eigenvalue weighted by Crippen LogP contribution is 2.23. The predicted octanol–water partition coefficient (Wildman–Crippen LogP) is 2.67. The van der Waals surface area contributed by atoms with Crippen LogP contribution in [-0.2, 0) is 11.3 Å². The Labute approximate surface area is 116 Å². The molecule has 0 bridgehead atoms. The lowest BCUT2D eigenvalue weighted by Crippen LogP contribution is -2.28. The molecule has 2 aromatic rings. The summed E-state index contributed by atoms with van der Waals surface area (Å²) in [6.07, 6.45) is -0.384. The fourth-order valence-corrected chi connectivity index (χ4v) is 2.41. The zero-order chi connectivity index (χ0) is 13.7. The highest BCUT2D eigenvalue weighted by Gasteiger charge is 2.07. The number of rotatable bonds is 5. The molecule has 5 nitrogen and oxygen atoms in total. The van der Waals surface area contributed by atoms with Crippen molar-refractivity contribution in [2.24, 2.45) is 0 Å². The summed E-state index contributed by atoms with van der Waals surface area (Å²) in [7, 11) is 0. The second kappa shape index (κ2) is 6.38. The van der Waals surface area contributed by atoms with Crippen molar-refractivity contribution in [3.8, 4) is 10.6 Å². The summed E-state index contributed by atoms with van der Waals surface area (Å²) in [4.78, 5) is 12.3. The molecular weight excluding hydrogens is 262 g/mol. The molecule has 6 heteroatoms. The van der Waals surface area contributed by atoms with Gasteiger partial charge in [-0.25, -0.2) is 4.79 Å². The summed E-state index contributed by atoms with van der Waals surface area (Å²) < 4.78 is 6.69. The molecule has 0 atom stereocenters. The maximum Gasteiger partial charge on any atom is 0.407 e. The Morgan fingerprint density at radius 1 is 1.58 bits per heavy atom. The lowest BCUT2D eigenvalue weighted by atomic mass is 10.3. The van der Waals surface area contributed by atoms with Gasteiger partial charge < -0.3 is 10.1 Å². The minimum atomic E-state index is -0.384. The number of amides is 1. The van der Waals surface area contributed by atoms with E-state index in [4.69, 9.17) is 4.74 Å². The van der Waals surface area contributed by atoms with Crippen LogP contribution in [0.2, 0.25) is 0 Å². The Hall–Kier alpha value is -1.82. The number of aromatic nitrogens is 2. The minimum absolute atomic E-state index is 0.384. The van der Waals surface area contributed by atoms with E-state index in [-0.39, 0.29) is 6.09 Å². The zero-order valence-corrected chi connectivity index (χ0v) is 11.9. The summed E-state index contributed by atoms with van der Waals surface area (Å²) >= 11 is 1.67. The quantitative estimate of drug-likeness (QED) is 0.915. The van der Waals surface area contributed by atoms with Crippen LogP contribution in [-0.4, -0.2) is 29.0 Å². The molecule has 0 aliphatic carbocycles. The summed E-state index contributed by atoms with van der Waals surface area (Å²) in [6, 6.07) is 6.11. The van der Waals surface area contributed by atoms with E-state index < -0.39 is 0 Å². The van der Waals surface area contributed by atoms with Gasteiger partial charge in [-0.15, -0.1) is 11.3 Å². The van der Waals surface area contributed by atoms with E-state index >= 15 is 0 Å². The molecule has 0 aromatic carbocycles. The van der Waals surface area contributed by atoms with Crippen molar-refractivity contribution >= 4 is 17.4 Å². The topological polar surface area (TPSA) is 56.1 Å². The molecule has 1 amide bonds. The number of nitrogens with one attached hydrogen (secondary N) is 1. The molecule has 0 unspecified atom stereocenters. The van der Waals surface area contributed by atoms with Gasteiger partial charge in [-0.05, 0) is 31.4 Å². The van der Waals surface area contributed by atoms with E-state index in [0.717, 1.165) is 16.3 Å². The van der Waals surface area contributed by atoms with Gasteiger partial charge in [0.2, 0.25) is 0 Å². The number of hydrogen-bond acceptors (Lipinski definition) is 4. The van der Waals surface area contributed by atoms with Crippen LogP contribution in [0.1, 0.15) is 12.6 Å². The molecule has 0 radical (unpaired) electrons. The molecule has 0 aliphatic heterocycles. The van der Waals surface area contributed by atoms with Crippen LogP contribution in [0.4, 0.5) is 4.79 Å². The standard InChI is InChI=1S/C13H17N3O2S/c1-3-18-13(17)14-6-7-16-10(2)9-11(15-16)12-5-4-8-19-12/h4-5,8-9H,3,6-7H2,1-2H3,(H,14,17). The lowest BCUT2D eigenvalue weighted by molar-refractivity contribution is 0.151. The first-order valence-corrected chi connectivity index (χ1v) is 7.07. The number of nitrogens with zero attached hydrogens (tertiary/aromatic N) is 2. The van der Waals surface area contributed by atoms with E-state index in [1.54, 1.807) is 18.3 Å². The van der Waals surface area contributed by atoms with E-state index in [1.807, 2.05) is 29.1 Å². The molecule has 0 fully saturated rings. The van der Waals surface area contributed by atoms with Crippen LogP contribution < -0.4 is 5.32 Å². The Morgan fingerprint density at radius 2 is 2.42 bits per heavy atom. The van der Waals surface area contributed by atoms with E-state index in [0.29, 0.717) is 19.7 Å². The Morgan fingerprint density at radius 3 is 3.11 bits per heavy atom. The SMILES string of the molecule is CCOC(=O)NCCn1nc(-c2cccs2)cc1C. The molecule has 0 saturated carbocycles. The predicted molar refractivity (Wildman–Crippen MR) is 75.3 cm³/mol. The minimum Gasteiger partial charge on any atom is -0.450 e. The van der Waals surface area contributed by atoms with Crippen LogP contribution in [0.3, 0.4) is 0 Å². The fourth-order valence-electron chi connectivity index (χ4n) is 1.73. The molecule has 19 heavy (non-hydrogen) atoms. The van der Waals surface area contributed by atoms with Crippen LogP contribution in [0.15, 0.2) is 23.6 Å². The average molecular weight is 279 g/mol. The highest BCUT2D eigenvalue weighted by molar-refractivity contribution is 7.13. The molecule has 2 heterocycles. The van der Waals surface area contributed by atoms with Crippen molar-refractivity contribution in [1.29, 1.82) is 0 Å². The number of carbonyl (C=O) groups excluding carboxylic acids is 1. The number of aryl methyl sites for hydroxylation is 1. The first-order chi connectivity index (χ1) is 9.20. The second-order valence-electron chi connectivity index (χ2n) is 4.02. The van der Waals surface area contributed by atoms with E-state index in [2.05, 4.69) is 16.5 Å². The Bertz CT molecular complexity index is 534. The van der Waals surface area contributed by atoms with Crippen molar-refractivity contribution < 1.29 is 9.53 Å². The average Bonchev–Trinajstić information content (AvgIpc) is 3.00. The number of thiophene rings is 1. The third kappa shape index (κ3) is 3.57. The van der Waals surface area contributed by atoms with Gasteiger partial charge in [-0.1, -0.05) is 6.07 Å². The lowest BCUT2D eigenvalue weighted by Gasteiger charge is -2.06. The Kier molecular flexibility index (Phi) is 4.57. The number of hydrogen-bond donors (Lipinski definition) is 1. The van der Waals surface area contributed by atoms with E-state index in [9.17, 15) is 4.79 Å². The van der Waals surface area contributed by atoms with Gasteiger partial charge in [0.25, 0.3) is 0 Å². The summed E-state index contributed by atoms with van der Waals surface area (Å²) in [5, 5.41) is 9.25. The molecule has 0 saturated heterocycles. The number of carbonyl (C=O) groups is 1. The van der Waals surface area contributed by atoms with Gasteiger partial charge in [0, 0.05) is 12.2 Å². The van der Waals surface area contributed by atoms with Gasteiger partial charge >= 0.3 is 6.09 Å². The summed E-state index contributed by atoms with van der Waals surface area (Å²) in [5.41, 5.74) is 2.05. The first-order valence-electron chi connectivity index (χ1n) is 6.19. The zero-order valence-electron chi connectivity index (χ0n) is 11.0. The second-order valence-corrected chi connectivity index (χ2v) is 4.97. The summed E-state index contributed by atoms with van der Waals surface area (Å²) in [5.74, 6) is 0. The fraction of sp³-hybridized carbons (Fsp3) is 0.385. The molecule has 2 rings (SSSR count). The van der Waals surface area contributed by atoms with Crippen LogP contribution >= 0.6 is 11.3 Å². The third-order valence-corrected chi connectivity index (χ3v) is 3.52. The number of alkyl carbamates (subject to hydrolysis) is 1. The third-order valence-electron chi connectivity index (χ3n) is 2.62. The molecule has 0 aliphatic rings. The Balaban J connectivity index is 1.92. The van der Waals surface area contributed by atoms with Crippen LogP contribution in [0.25, 0.3) is 10.6 Å². The summed E-state index contributed by atoms with van der Waals surface area (Å²) in [6.45, 7) is 5.31. The first kappa shape index (κ1) is 13.6. The normalized spacial score (nSPS) is 10.4. The maximum absolute atomic E-state index is 11.1. The van der Waals surface area contributed by atoms with Gasteiger partial charge in [-0.2, -0.15) is 5.10 Å². The van der Waals surface area contributed by atoms with Gasteiger partial charge in [0.1, 0.15) is 5.69 Å². The molecular formula is C13H17N3O2S. The van der Waals surface area contributed by atoms with Gasteiger partial charge in [0.15, 0.2) is 0 Å². The maximum atomic E-state index is 11.1. The van der Waals surface area contributed by atoms with Crippen molar-refractivity contribution in [3.05, 3.63) is 29.3 Å². The van der Waals surface area contributed by atoms with Crippen molar-refractivity contribution in [1.82, 2.24) is 15.1 Å². The molecule has 102 valence electrons. The van der Waals surface area contributed by atoms with Crippen LogP contribution in [0.5, 0.6) is 0 Å². The smallest absolute Gasteiger partial charge is 0.407 e. The van der Waals surface area contributed by atoms with Gasteiger partial charge in [0.05, 0.1) is 18.0 Å². The van der Waals surface area contributed by atoms with Crippen molar-refractivity contribution in [2.45, 2.75) is 20.4 Å². The number of ether oxygens (including phenoxy) is 1. The van der Waals surface area contributed by atoms with Crippen LogP contribution in [0, 0.1) is 6.92 Å². The molecule has 0 spiro atoms. The van der Waals surface area contributed by atoms with Crippen molar-refractivity contribution in [3.63, 3.8) is 0 Å². The molecule has 2 aromatic heterocycles. The van der Waals surface area contributed by atoms with Crippen molar-refractivity contribution in [2.75, 3.05) is 13.2 Å². The molecule has 1 N–H and O–H groups in total. The largest absolute Gasteiger partial charge is 0.450 e.